The molecule has 3 heterocycles. The SMILES string of the molecule is Cc1csc(N2CCCN(C(=O)[C@@H]3C[C@@H]3c3cnn(C)c3)CC2)n1. The van der Waals surface area contributed by atoms with Gasteiger partial charge in [-0.2, -0.15) is 5.10 Å². The molecule has 128 valence electrons. The zero-order valence-corrected chi connectivity index (χ0v) is 15.0. The Morgan fingerprint density at radius 2 is 2.17 bits per heavy atom. The van der Waals surface area contributed by atoms with Gasteiger partial charge in [0.2, 0.25) is 5.91 Å². The second-order valence-electron chi connectivity index (χ2n) is 6.83. The first kappa shape index (κ1) is 15.6. The monoisotopic (exact) mass is 345 g/mol. The molecule has 1 saturated carbocycles. The van der Waals surface area contributed by atoms with Crippen molar-refractivity contribution in [3.05, 3.63) is 29.0 Å². The number of hydrogen-bond donors (Lipinski definition) is 0. The fourth-order valence-corrected chi connectivity index (χ4v) is 4.38. The lowest BCUT2D eigenvalue weighted by Gasteiger charge is -2.22. The van der Waals surface area contributed by atoms with Crippen LogP contribution in [0.15, 0.2) is 17.8 Å². The van der Waals surface area contributed by atoms with Crippen LogP contribution in [0.4, 0.5) is 5.13 Å². The number of carbonyl (C=O) groups is 1. The minimum absolute atomic E-state index is 0.155. The first-order chi connectivity index (χ1) is 11.6. The van der Waals surface area contributed by atoms with Crippen molar-refractivity contribution in [3.63, 3.8) is 0 Å². The minimum atomic E-state index is 0.155. The molecule has 2 fully saturated rings. The second kappa shape index (κ2) is 6.20. The smallest absolute Gasteiger partial charge is 0.226 e. The van der Waals surface area contributed by atoms with Crippen LogP contribution in [0.1, 0.15) is 30.0 Å². The summed E-state index contributed by atoms with van der Waals surface area (Å²) in [4.78, 5) is 21.8. The van der Waals surface area contributed by atoms with Crippen LogP contribution in [0.25, 0.3) is 0 Å². The van der Waals surface area contributed by atoms with E-state index in [1.165, 1.54) is 5.56 Å². The zero-order chi connectivity index (χ0) is 16.7. The largest absolute Gasteiger partial charge is 0.346 e. The van der Waals surface area contributed by atoms with Crippen molar-refractivity contribution < 1.29 is 4.79 Å². The van der Waals surface area contributed by atoms with Gasteiger partial charge in [-0.1, -0.05) is 0 Å². The summed E-state index contributed by atoms with van der Waals surface area (Å²) in [6.45, 7) is 5.54. The zero-order valence-electron chi connectivity index (χ0n) is 14.2. The summed E-state index contributed by atoms with van der Waals surface area (Å²) in [5.41, 5.74) is 2.27. The lowest BCUT2D eigenvalue weighted by atomic mass is 10.2. The Labute approximate surface area is 146 Å². The molecule has 0 bridgehead atoms. The number of thiazole rings is 1. The molecule has 0 radical (unpaired) electrons. The molecule has 2 aromatic rings. The van der Waals surface area contributed by atoms with Gasteiger partial charge in [0.1, 0.15) is 0 Å². The number of amides is 1. The predicted molar refractivity (Wildman–Crippen MR) is 94.3 cm³/mol. The molecule has 2 atom stereocenters. The van der Waals surface area contributed by atoms with Crippen LogP contribution in [-0.4, -0.2) is 51.8 Å². The van der Waals surface area contributed by atoms with Gasteiger partial charge in [0, 0.05) is 50.7 Å². The molecule has 6 nitrogen and oxygen atoms in total. The second-order valence-corrected chi connectivity index (χ2v) is 7.67. The molecular weight excluding hydrogens is 322 g/mol. The normalized spacial score (nSPS) is 24.1. The Hall–Kier alpha value is -1.89. The highest BCUT2D eigenvalue weighted by molar-refractivity contribution is 7.13. The Bertz CT molecular complexity index is 739. The van der Waals surface area contributed by atoms with Gasteiger partial charge in [0.25, 0.3) is 0 Å². The molecule has 1 amide bonds. The summed E-state index contributed by atoms with van der Waals surface area (Å²) in [5.74, 6) is 0.844. The number of aryl methyl sites for hydroxylation is 2. The number of nitrogens with zero attached hydrogens (tertiary/aromatic N) is 5. The standard InChI is InChI=1S/C17H23N5OS/c1-12-11-24-17(19-12)22-5-3-4-21(6-7-22)16(23)15-8-14(15)13-9-18-20(2)10-13/h9-11,14-15H,3-8H2,1-2H3/t14-,15-/m1/s1. The van der Waals surface area contributed by atoms with Crippen molar-refractivity contribution >= 4 is 22.4 Å². The van der Waals surface area contributed by atoms with E-state index in [1.54, 1.807) is 11.3 Å². The van der Waals surface area contributed by atoms with Gasteiger partial charge in [0.15, 0.2) is 5.13 Å². The lowest BCUT2D eigenvalue weighted by Crippen LogP contribution is -2.36. The molecule has 1 saturated heterocycles. The Morgan fingerprint density at radius 1 is 1.29 bits per heavy atom. The molecule has 24 heavy (non-hydrogen) atoms. The van der Waals surface area contributed by atoms with Crippen molar-refractivity contribution in [2.24, 2.45) is 13.0 Å². The third kappa shape index (κ3) is 3.05. The first-order valence-corrected chi connectivity index (χ1v) is 9.44. The van der Waals surface area contributed by atoms with Crippen molar-refractivity contribution in [1.82, 2.24) is 19.7 Å². The van der Waals surface area contributed by atoms with Crippen LogP contribution in [0.5, 0.6) is 0 Å². The van der Waals surface area contributed by atoms with E-state index < -0.39 is 0 Å². The van der Waals surface area contributed by atoms with Crippen LogP contribution in [0.2, 0.25) is 0 Å². The van der Waals surface area contributed by atoms with Gasteiger partial charge >= 0.3 is 0 Å². The molecule has 0 spiro atoms. The number of hydrogen-bond acceptors (Lipinski definition) is 5. The third-order valence-corrected chi connectivity index (χ3v) is 5.96. The molecule has 0 N–H and O–H groups in total. The van der Waals surface area contributed by atoms with E-state index in [2.05, 4.69) is 25.3 Å². The van der Waals surface area contributed by atoms with Crippen LogP contribution in [-0.2, 0) is 11.8 Å². The van der Waals surface area contributed by atoms with Gasteiger partial charge in [-0.25, -0.2) is 4.98 Å². The van der Waals surface area contributed by atoms with E-state index in [0.717, 1.165) is 49.8 Å². The average molecular weight is 345 g/mol. The van der Waals surface area contributed by atoms with Gasteiger partial charge in [-0.3, -0.25) is 9.48 Å². The number of rotatable bonds is 3. The van der Waals surface area contributed by atoms with E-state index in [9.17, 15) is 4.79 Å². The molecule has 0 unspecified atom stereocenters. The fourth-order valence-electron chi connectivity index (χ4n) is 3.52. The van der Waals surface area contributed by atoms with Crippen molar-refractivity contribution in [3.8, 4) is 0 Å². The average Bonchev–Trinajstić information content (AvgIpc) is 3.17. The summed E-state index contributed by atoms with van der Waals surface area (Å²) >= 11 is 1.70. The van der Waals surface area contributed by atoms with E-state index in [-0.39, 0.29) is 5.92 Å². The summed E-state index contributed by atoms with van der Waals surface area (Å²) in [5, 5.41) is 7.40. The van der Waals surface area contributed by atoms with Crippen LogP contribution < -0.4 is 4.90 Å². The summed E-state index contributed by atoms with van der Waals surface area (Å²) < 4.78 is 1.81. The maximum atomic E-state index is 12.8. The van der Waals surface area contributed by atoms with Gasteiger partial charge in [-0.15, -0.1) is 11.3 Å². The lowest BCUT2D eigenvalue weighted by molar-refractivity contribution is -0.132. The van der Waals surface area contributed by atoms with Crippen LogP contribution in [0.3, 0.4) is 0 Å². The highest BCUT2D eigenvalue weighted by atomic mass is 32.1. The third-order valence-electron chi connectivity index (χ3n) is 4.95. The van der Waals surface area contributed by atoms with Gasteiger partial charge in [0.05, 0.1) is 11.9 Å². The minimum Gasteiger partial charge on any atom is -0.346 e. The topological polar surface area (TPSA) is 54.3 Å². The summed E-state index contributed by atoms with van der Waals surface area (Å²) in [7, 11) is 1.92. The highest BCUT2D eigenvalue weighted by Gasteiger charge is 2.46. The Morgan fingerprint density at radius 3 is 2.88 bits per heavy atom. The summed E-state index contributed by atoms with van der Waals surface area (Å²) in [6.07, 6.45) is 5.91. The maximum absolute atomic E-state index is 12.8. The molecule has 7 heteroatoms. The number of anilines is 1. The molecule has 1 aliphatic carbocycles. The molecule has 2 aromatic heterocycles. The van der Waals surface area contributed by atoms with Crippen molar-refractivity contribution in [1.29, 1.82) is 0 Å². The molecule has 2 aliphatic rings. The molecule has 4 rings (SSSR count). The first-order valence-electron chi connectivity index (χ1n) is 8.56. The Kier molecular flexibility index (Phi) is 4.04. The fraction of sp³-hybridized carbons (Fsp3) is 0.588. The molecule has 1 aliphatic heterocycles. The van der Waals surface area contributed by atoms with Crippen LogP contribution in [0, 0.1) is 12.8 Å². The maximum Gasteiger partial charge on any atom is 0.226 e. The molecule has 0 aromatic carbocycles. The van der Waals surface area contributed by atoms with Gasteiger partial charge in [-0.05, 0) is 31.2 Å². The summed E-state index contributed by atoms with van der Waals surface area (Å²) in [6, 6.07) is 0. The van der Waals surface area contributed by atoms with Crippen LogP contribution >= 0.6 is 11.3 Å². The number of carbonyl (C=O) groups excluding carboxylic acids is 1. The Balaban J connectivity index is 1.36. The molecular formula is C17H23N5OS. The van der Waals surface area contributed by atoms with E-state index >= 15 is 0 Å². The predicted octanol–water partition coefficient (Wildman–Crippen LogP) is 2.03. The van der Waals surface area contributed by atoms with E-state index in [1.807, 2.05) is 31.0 Å². The van der Waals surface area contributed by atoms with Crippen molar-refractivity contribution in [2.45, 2.75) is 25.7 Å². The van der Waals surface area contributed by atoms with E-state index in [4.69, 9.17) is 0 Å². The quantitative estimate of drug-likeness (QED) is 0.854. The van der Waals surface area contributed by atoms with Gasteiger partial charge < -0.3 is 9.80 Å². The number of aromatic nitrogens is 3. The van der Waals surface area contributed by atoms with E-state index in [0.29, 0.717) is 11.8 Å². The highest BCUT2D eigenvalue weighted by Crippen LogP contribution is 2.48. The van der Waals surface area contributed by atoms with Crippen molar-refractivity contribution in [2.75, 3.05) is 31.1 Å².